The molecule has 0 spiro atoms. The SMILES string of the molecule is Cc1ccc(CCNC(=O)[C@@H]2CCCN2C(=O)C2CCCCC2)o1. The topological polar surface area (TPSA) is 62.6 Å². The molecular formula is C19H28N2O3. The second-order valence-electron chi connectivity index (χ2n) is 7.08. The third kappa shape index (κ3) is 4.00. The second kappa shape index (κ2) is 7.86. The first-order valence-electron chi connectivity index (χ1n) is 9.28. The summed E-state index contributed by atoms with van der Waals surface area (Å²) in [4.78, 5) is 27.1. The summed E-state index contributed by atoms with van der Waals surface area (Å²) < 4.78 is 5.51. The molecule has 1 saturated heterocycles. The molecule has 5 heteroatoms. The largest absolute Gasteiger partial charge is 0.466 e. The zero-order valence-electron chi connectivity index (χ0n) is 14.6. The Hall–Kier alpha value is -1.78. The van der Waals surface area contributed by atoms with E-state index in [4.69, 9.17) is 4.42 Å². The Labute approximate surface area is 143 Å². The van der Waals surface area contributed by atoms with Crippen molar-refractivity contribution in [3.63, 3.8) is 0 Å². The van der Waals surface area contributed by atoms with Crippen molar-refractivity contribution in [1.82, 2.24) is 10.2 Å². The van der Waals surface area contributed by atoms with Gasteiger partial charge >= 0.3 is 0 Å². The summed E-state index contributed by atoms with van der Waals surface area (Å²) in [7, 11) is 0. The Morgan fingerprint density at radius 3 is 2.67 bits per heavy atom. The van der Waals surface area contributed by atoms with Gasteiger partial charge in [0.1, 0.15) is 17.6 Å². The third-order valence-corrected chi connectivity index (χ3v) is 5.26. The van der Waals surface area contributed by atoms with Gasteiger partial charge in [0.25, 0.3) is 0 Å². The van der Waals surface area contributed by atoms with Crippen LogP contribution in [0.2, 0.25) is 0 Å². The zero-order valence-corrected chi connectivity index (χ0v) is 14.6. The van der Waals surface area contributed by atoms with E-state index in [1.165, 1.54) is 6.42 Å². The number of carbonyl (C=O) groups excluding carboxylic acids is 2. The number of nitrogens with zero attached hydrogens (tertiary/aromatic N) is 1. The van der Waals surface area contributed by atoms with Gasteiger partial charge in [-0.1, -0.05) is 19.3 Å². The average molecular weight is 332 g/mol. The van der Waals surface area contributed by atoms with E-state index in [1.54, 1.807) is 0 Å². The summed E-state index contributed by atoms with van der Waals surface area (Å²) in [6.07, 6.45) is 7.89. The van der Waals surface area contributed by atoms with E-state index < -0.39 is 0 Å². The van der Waals surface area contributed by atoms with Gasteiger partial charge in [-0.3, -0.25) is 9.59 Å². The minimum Gasteiger partial charge on any atom is -0.466 e. The normalized spacial score (nSPS) is 21.9. The highest BCUT2D eigenvalue weighted by atomic mass is 16.3. The molecule has 0 radical (unpaired) electrons. The third-order valence-electron chi connectivity index (χ3n) is 5.26. The molecule has 1 aliphatic carbocycles. The van der Waals surface area contributed by atoms with Crippen molar-refractivity contribution in [2.45, 2.75) is 64.3 Å². The van der Waals surface area contributed by atoms with E-state index in [-0.39, 0.29) is 23.8 Å². The Bertz CT molecular complexity index is 575. The monoisotopic (exact) mass is 332 g/mol. The molecule has 5 nitrogen and oxygen atoms in total. The highest BCUT2D eigenvalue weighted by Gasteiger charge is 2.37. The molecule has 0 aromatic carbocycles. The average Bonchev–Trinajstić information content (AvgIpc) is 3.24. The molecule has 1 aliphatic heterocycles. The lowest BCUT2D eigenvalue weighted by Crippen LogP contribution is -2.48. The highest BCUT2D eigenvalue weighted by molar-refractivity contribution is 5.89. The van der Waals surface area contributed by atoms with Crippen LogP contribution in [0.25, 0.3) is 0 Å². The van der Waals surface area contributed by atoms with Crippen LogP contribution in [0, 0.1) is 12.8 Å². The maximum Gasteiger partial charge on any atom is 0.242 e. The van der Waals surface area contributed by atoms with Crippen LogP contribution in [0.3, 0.4) is 0 Å². The predicted molar refractivity (Wildman–Crippen MR) is 91.5 cm³/mol. The van der Waals surface area contributed by atoms with E-state index in [1.807, 2.05) is 24.0 Å². The van der Waals surface area contributed by atoms with Crippen molar-refractivity contribution >= 4 is 11.8 Å². The van der Waals surface area contributed by atoms with Gasteiger partial charge < -0.3 is 14.6 Å². The zero-order chi connectivity index (χ0) is 16.9. The van der Waals surface area contributed by atoms with Crippen LogP contribution in [-0.4, -0.2) is 35.8 Å². The van der Waals surface area contributed by atoms with Crippen molar-refractivity contribution < 1.29 is 14.0 Å². The molecule has 24 heavy (non-hydrogen) atoms. The van der Waals surface area contributed by atoms with Gasteiger partial charge in [-0.2, -0.15) is 0 Å². The van der Waals surface area contributed by atoms with Crippen LogP contribution in [0.1, 0.15) is 56.5 Å². The number of likely N-dealkylation sites (tertiary alicyclic amines) is 1. The summed E-state index contributed by atoms with van der Waals surface area (Å²) in [5, 5.41) is 2.98. The molecule has 2 aliphatic rings. The van der Waals surface area contributed by atoms with Gasteiger partial charge in [0.15, 0.2) is 0 Å². The first kappa shape index (κ1) is 17.1. The number of carbonyl (C=O) groups is 2. The van der Waals surface area contributed by atoms with Crippen molar-refractivity contribution in [3.05, 3.63) is 23.7 Å². The quantitative estimate of drug-likeness (QED) is 0.902. The molecule has 2 fully saturated rings. The van der Waals surface area contributed by atoms with E-state index in [2.05, 4.69) is 5.32 Å². The molecule has 1 aromatic rings. The molecule has 1 atom stereocenters. The fraction of sp³-hybridized carbons (Fsp3) is 0.684. The van der Waals surface area contributed by atoms with E-state index in [0.717, 1.165) is 56.6 Å². The predicted octanol–water partition coefficient (Wildman–Crippen LogP) is 2.82. The highest BCUT2D eigenvalue weighted by Crippen LogP contribution is 2.28. The molecule has 1 aromatic heterocycles. The molecule has 0 bridgehead atoms. The number of nitrogens with one attached hydrogen (secondary N) is 1. The summed E-state index contributed by atoms with van der Waals surface area (Å²) in [6.45, 7) is 3.19. The number of hydrogen-bond donors (Lipinski definition) is 1. The summed E-state index contributed by atoms with van der Waals surface area (Å²) in [5.41, 5.74) is 0. The minimum atomic E-state index is -0.280. The molecule has 0 unspecified atom stereocenters. The minimum absolute atomic E-state index is 0.0139. The smallest absolute Gasteiger partial charge is 0.242 e. The summed E-state index contributed by atoms with van der Waals surface area (Å²) in [6, 6.07) is 3.59. The van der Waals surface area contributed by atoms with E-state index in [9.17, 15) is 9.59 Å². The van der Waals surface area contributed by atoms with Crippen LogP contribution >= 0.6 is 0 Å². The first-order valence-corrected chi connectivity index (χ1v) is 9.28. The van der Waals surface area contributed by atoms with Crippen LogP contribution in [0.4, 0.5) is 0 Å². The summed E-state index contributed by atoms with van der Waals surface area (Å²) in [5.74, 6) is 2.10. The van der Waals surface area contributed by atoms with Crippen LogP contribution in [0.15, 0.2) is 16.5 Å². The first-order chi connectivity index (χ1) is 11.6. The number of furan rings is 1. The van der Waals surface area contributed by atoms with Gasteiger partial charge in [-0.25, -0.2) is 0 Å². The molecular weight excluding hydrogens is 304 g/mol. The van der Waals surface area contributed by atoms with Crippen molar-refractivity contribution in [2.24, 2.45) is 5.92 Å². The van der Waals surface area contributed by atoms with Crippen LogP contribution in [0.5, 0.6) is 0 Å². The fourth-order valence-electron chi connectivity index (χ4n) is 3.93. The lowest BCUT2D eigenvalue weighted by Gasteiger charge is -2.30. The summed E-state index contributed by atoms with van der Waals surface area (Å²) >= 11 is 0. The standard InChI is InChI=1S/C19H28N2O3/c1-14-9-10-16(24-14)11-12-20-18(22)17-8-5-13-21(17)19(23)15-6-3-2-4-7-15/h9-10,15,17H,2-8,11-13H2,1H3,(H,20,22)/t17-/m0/s1. The van der Waals surface area contributed by atoms with Gasteiger partial charge in [0.2, 0.25) is 11.8 Å². The van der Waals surface area contributed by atoms with Crippen molar-refractivity contribution in [3.8, 4) is 0 Å². The van der Waals surface area contributed by atoms with Gasteiger partial charge in [-0.15, -0.1) is 0 Å². The lowest BCUT2D eigenvalue weighted by molar-refractivity contribution is -0.142. The Balaban J connectivity index is 1.50. The van der Waals surface area contributed by atoms with Crippen LogP contribution < -0.4 is 5.32 Å². The number of aryl methyl sites for hydroxylation is 1. The maximum atomic E-state index is 12.7. The molecule has 1 N–H and O–H groups in total. The van der Waals surface area contributed by atoms with Crippen molar-refractivity contribution in [2.75, 3.05) is 13.1 Å². The van der Waals surface area contributed by atoms with E-state index >= 15 is 0 Å². The fourth-order valence-corrected chi connectivity index (χ4v) is 3.93. The molecule has 3 rings (SSSR count). The maximum absolute atomic E-state index is 12.7. The number of rotatable bonds is 5. The molecule has 2 heterocycles. The van der Waals surface area contributed by atoms with Crippen molar-refractivity contribution in [1.29, 1.82) is 0 Å². The molecule has 1 saturated carbocycles. The molecule has 2 amide bonds. The van der Waals surface area contributed by atoms with Crippen LogP contribution in [-0.2, 0) is 16.0 Å². The van der Waals surface area contributed by atoms with E-state index in [0.29, 0.717) is 13.0 Å². The van der Waals surface area contributed by atoms with Gasteiger partial charge in [0.05, 0.1) is 0 Å². The Morgan fingerprint density at radius 2 is 1.96 bits per heavy atom. The lowest BCUT2D eigenvalue weighted by atomic mass is 9.88. The molecule has 132 valence electrons. The Morgan fingerprint density at radius 1 is 1.17 bits per heavy atom. The number of hydrogen-bond acceptors (Lipinski definition) is 3. The number of amides is 2. The Kier molecular flexibility index (Phi) is 5.59. The van der Waals surface area contributed by atoms with Gasteiger partial charge in [0, 0.05) is 25.4 Å². The van der Waals surface area contributed by atoms with Gasteiger partial charge in [-0.05, 0) is 44.7 Å². The second-order valence-corrected chi connectivity index (χ2v) is 7.08.